The van der Waals surface area contributed by atoms with Crippen molar-refractivity contribution in [1.29, 1.82) is 0 Å². The summed E-state index contributed by atoms with van der Waals surface area (Å²) in [4.78, 5) is 34.0. The number of anilines is 1. The number of carbonyl (C=O) groups is 2. The molecule has 2 heterocycles. The molecule has 3 amide bonds. The highest BCUT2D eigenvalue weighted by Crippen LogP contribution is 2.30. The average molecular weight is 473 g/mol. The molecule has 1 aliphatic heterocycles. The zero-order valence-corrected chi connectivity index (χ0v) is 19.7. The number of hydrogen-bond donors (Lipinski definition) is 1. The van der Waals surface area contributed by atoms with Gasteiger partial charge in [-0.25, -0.2) is 9.78 Å². The molecule has 0 bridgehead atoms. The zero-order chi connectivity index (χ0) is 22.3. The molecular weight excluding hydrogens is 444 g/mol. The number of likely N-dealkylation sites (tertiary alicyclic amines) is 1. The van der Waals surface area contributed by atoms with Gasteiger partial charge in [0.15, 0.2) is 5.13 Å². The van der Waals surface area contributed by atoms with Crippen molar-refractivity contribution in [1.82, 2.24) is 14.8 Å². The first kappa shape index (κ1) is 22.8. The normalized spacial score (nSPS) is 18.1. The number of carbonyl (C=O) groups excluding carboxylic acids is 2. The number of nitrogens with one attached hydrogen (secondary N) is 1. The van der Waals surface area contributed by atoms with Crippen molar-refractivity contribution in [3.63, 3.8) is 0 Å². The van der Waals surface area contributed by atoms with Gasteiger partial charge in [0.2, 0.25) is 5.91 Å². The largest absolute Gasteiger partial charge is 0.339 e. The molecule has 1 aliphatic carbocycles. The van der Waals surface area contributed by atoms with E-state index in [1.54, 1.807) is 12.3 Å². The van der Waals surface area contributed by atoms with Crippen LogP contribution in [0.15, 0.2) is 42.6 Å². The summed E-state index contributed by atoms with van der Waals surface area (Å²) in [6, 6.07) is 10.1. The molecule has 1 saturated carbocycles. The molecule has 8 heteroatoms. The van der Waals surface area contributed by atoms with Crippen LogP contribution in [-0.2, 0) is 4.79 Å². The lowest BCUT2D eigenvalue weighted by atomic mass is 9.91. The van der Waals surface area contributed by atoms with E-state index in [4.69, 9.17) is 11.6 Å². The molecule has 32 heavy (non-hydrogen) atoms. The zero-order valence-electron chi connectivity index (χ0n) is 18.1. The fourth-order valence-electron chi connectivity index (χ4n) is 4.66. The molecule has 0 atom stereocenters. The van der Waals surface area contributed by atoms with E-state index in [2.05, 4.69) is 10.3 Å². The van der Waals surface area contributed by atoms with E-state index in [0.29, 0.717) is 22.6 Å². The molecule has 1 N–H and O–H groups in total. The van der Waals surface area contributed by atoms with Gasteiger partial charge >= 0.3 is 6.03 Å². The lowest BCUT2D eigenvalue weighted by Gasteiger charge is -2.43. The van der Waals surface area contributed by atoms with Crippen LogP contribution in [0.5, 0.6) is 0 Å². The van der Waals surface area contributed by atoms with E-state index >= 15 is 0 Å². The molecule has 4 rings (SSSR count). The summed E-state index contributed by atoms with van der Waals surface area (Å²) in [6.45, 7) is 1.31. The molecule has 0 unspecified atom stereocenters. The number of benzene rings is 1. The van der Waals surface area contributed by atoms with E-state index < -0.39 is 0 Å². The van der Waals surface area contributed by atoms with Crippen LogP contribution in [0.25, 0.3) is 6.08 Å². The Labute approximate surface area is 198 Å². The number of piperidine rings is 1. The van der Waals surface area contributed by atoms with Gasteiger partial charge in [0.05, 0.1) is 6.20 Å². The Morgan fingerprint density at radius 1 is 1.06 bits per heavy atom. The Balaban J connectivity index is 1.38. The van der Waals surface area contributed by atoms with Crippen molar-refractivity contribution >= 4 is 46.1 Å². The number of amides is 3. The van der Waals surface area contributed by atoms with Crippen molar-refractivity contribution in [2.45, 2.75) is 57.0 Å². The molecule has 2 fully saturated rings. The Hall–Kier alpha value is -2.38. The second-order valence-corrected chi connectivity index (χ2v) is 10.1. The van der Waals surface area contributed by atoms with Crippen LogP contribution in [0, 0.1) is 0 Å². The maximum absolute atomic E-state index is 13.2. The summed E-state index contributed by atoms with van der Waals surface area (Å²) in [5, 5.41) is 3.48. The van der Waals surface area contributed by atoms with Gasteiger partial charge in [-0.1, -0.05) is 72.5 Å². The number of thiazole rings is 1. The fourth-order valence-corrected chi connectivity index (χ4v) is 5.46. The monoisotopic (exact) mass is 472 g/mol. The summed E-state index contributed by atoms with van der Waals surface area (Å²) >= 11 is 7.25. The molecule has 6 nitrogen and oxygen atoms in total. The highest BCUT2D eigenvalue weighted by molar-refractivity contribution is 7.19. The summed E-state index contributed by atoms with van der Waals surface area (Å²) in [5.41, 5.74) is 1.01. The van der Waals surface area contributed by atoms with E-state index in [0.717, 1.165) is 44.1 Å². The molecule has 1 aromatic heterocycles. The van der Waals surface area contributed by atoms with Crippen LogP contribution in [-0.4, -0.2) is 51.9 Å². The van der Waals surface area contributed by atoms with Gasteiger partial charge in [-0.05, 0) is 37.3 Å². The second kappa shape index (κ2) is 11.0. The van der Waals surface area contributed by atoms with Gasteiger partial charge in [-0.15, -0.1) is 0 Å². The van der Waals surface area contributed by atoms with Crippen LogP contribution < -0.4 is 5.32 Å². The summed E-state index contributed by atoms with van der Waals surface area (Å²) in [6.07, 6.45) is 12.2. The first-order valence-electron chi connectivity index (χ1n) is 11.3. The maximum Gasteiger partial charge on any atom is 0.324 e. The van der Waals surface area contributed by atoms with E-state index in [-0.39, 0.29) is 24.0 Å². The first-order valence-corrected chi connectivity index (χ1v) is 12.5. The van der Waals surface area contributed by atoms with Gasteiger partial charge in [0.1, 0.15) is 4.34 Å². The topological polar surface area (TPSA) is 65.5 Å². The minimum atomic E-state index is -0.100. The van der Waals surface area contributed by atoms with Crippen LogP contribution in [0.2, 0.25) is 4.34 Å². The highest BCUT2D eigenvalue weighted by atomic mass is 35.5. The minimum absolute atomic E-state index is 0.0263. The molecule has 0 radical (unpaired) electrons. The van der Waals surface area contributed by atoms with E-state index in [1.807, 2.05) is 46.2 Å². The number of rotatable bonds is 5. The second-order valence-electron chi connectivity index (χ2n) is 8.40. The van der Waals surface area contributed by atoms with Gasteiger partial charge in [-0.3, -0.25) is 10.1 Å². The average Bonchev–Trinajstić information content (AvgIpc) is 3.24. The molecule has 2 aromatic rings. The Kier molecular flexibility index (Phi) is 7.81. The lowest BCUT2D eigenvalue weighted by Crippen LogP contribution is -2.54. The Bertz CT molecular complexity index is 934. The third-order valence-corrected chi connectivity index (χ3v) is 7.31. The number of urea groups is 1. The molecule has 170 valence electrons. The first-order chi connectivity index (χ1) is 15.6. The maximum atomic E-state index is 13.2. The van der Waals surface area contributed by atoms with Crippen LogP contribution >= 0.6 is 22.9 Å². The molecule has 1 saturated heterocycles. The van der Waals surface area contributed by atoms with Crippen LogP contribution in [0.4, 0.5) is 9.93 Å². The molecule has 0 spiro atoms. The van der Waals surface area contributed by atoms with E-state index in [1.165, 1.54) is 17.8 Å². The predicted octanol–water partition coefficient (Wildman–Crippen LogP) is 5.67. The highest BCUT2D eigenvalue weighted by Gasteiger charge is 2.34. The number of nitrogens with zero attached hydrogens (tertiary/aromatic N) is 3. The smallest absolute Gasteiger partial charge is 0.324 e. The quantitative estimate of drug-likeness (QED) is 0.570. The number of aromatic nitrogens is 1. The van der Waals surface area contributed by atoms with Gasteiger partial charge < -0.3 is 9.80 Å². The molecular formula is C24H29ClN4O2S. The van der Waals surface area contributed by atoms with Gasteiger partial charge in [-0.2, -0.15) is 0 Å². The van der Waals surface area contributed by atoms with Gasteiger partial charge in [0.25, 0.3) is 0 Å². The van der Waals surface area contributed by atoms with Crippen LogP contribution in [0.1, 0.15) is 50.5 Å². The third-order valence-electron chi connectivity index (χ3n) is 6.28. The summed E-state index contributed by atoms with van der Waals surface area (Å²) in [7, 11) is 0. The number of hydrogen-bond acceptors (Lipinski definition) is 4. The Morgan fingerprint density at radius 2 is 1.75 bits per heavy atom. The molecule has 2 aliphatic rings. The SMILES string of the molecule is O=C(/C=C/c1ccccc1)N1CCC(N(C(=O)Nc2ncc(Cl)s2)C2CCCCC2)CC1. The summed E-state index contributed by atoms with van der Waals surface area (Å²) < 4.78 is 0.555. The van der Waals surface area contributed by atoms with Crippen molar-refractivity contribution in [2.24, 2.45) is 0 Å². The van der Waals surface area contributed by atoms with Gasteiger partial charge in [0, 0.05) is 31.2 Å². The van der Waals surface area contributed by atoms with Crippen LogP contribution in [0.3, 0.4) is 0 Å². The number of halogens is 1. The standard InChI is InChI=1S/C24H29ClN4O2S/c25-21-17-26-23(32-21)27-24(31)29(19-9-5-2-6-10-19)20-13-15-28(16-14-20)22(30)12-11-18-7-3-1-4-8-18/h1,3-4,7-8,11-12,17,19-20H,2,5-6,9-10,13-16H2,(H,26,27,31)/b12-11+. The predicted molar refractivity (Wildman–Crippen MR) is 130 cm³/mol. The minimum Gasteiger partial charge on any atom is -0.339 e. The van der Waals surface area contributed by atoms with Crippen molar-refractivity contribution in [2.75, 3.05) is 18.4 Å². The fraction of sp³-hybridized carbons (Fsp3) is 0.458. The van der Waals surface area contributed by atoms with Crippen molar-refractivity contribution < 1.29 is 9.59 Å². The molecule has 1 aromatic carbocycles. The van der Waals surface area contributed by atoms with E-state index in [9.17, 15) is 9.59 Å². The third kappa shape index (κ3) is 5.90. The summed E-state index contributed by atoms with van der Waals surface area (Å²) in [5.74, 6) is 0.0263. The Morgan fingerprint density at radius 3 is 2.41 bits per heavy atom. The van der Waals surface area contributed by atoms with Crippen molar-refractivity contribution in [3.8, 4) is 0 Å². The van der Waals surface area contributed by atoms with Crippen molar-refractivity contribution in [3.05, 3.63) is 52.5 Å². The lowest BCUT2D eigenvalue weighted by molar-refractivity contribution is -0.127.